The van der Waals surface area contributed by atoms with Crippen molar-refractivity contribution in [3.05, 3.63) is 37.4 Å². The number of aryl methyl sites for hydroxylation is 4. The van der Waals surface area contributed by atoms with Crippen molar-refractivity contribution in [3.8, 4) is 0 Å². The summed E-state index contributed by atoms with van der Waals surface area (Å²) in [6.45, 7) is 6.90. The van der Waals surface area contributed by atoms with E-state index in [-0.39, 0.29) is 12.4 Å². The Balaban J connectivity index is 0. The smallest absolute Gasteiger partial charge is 0.243 e. The highest BCUT2D eigenvalue weighted by molar-refractivity contribution is 7.80. The molecule has 2 aromatic rings. The first-order valence-electron chi connectivity index (χ1n) is 14.7. The average molecular weight is 593 g/mol. The van der Waals surface area contributed by atoms with Crippen LogP contribution in [-0.2, 0) is 41.8 Å². The maximum atomic E-state index is 9.22. The summed E-state index contributed by atoms with van der Waals surface area (Å²) in [5, 5.41) is 0. The van der Waals surface area contributed by atoms with Gasteiger partial charge in [0.2, 0.25) is 23.1 Å². The van der Waals surface area contributed by atoms with Crippen LogP contribution in [0.1, 0.15) is 117 Å². The van der Waals surface area contributed by atoms with Crippen LogP contribution in [0, 0.1) is 0 Å². The largest absolute Gasteiger partial charge is 1.00 e. The van der Waals surface area contributed by atoms with E-state index in [9.17, 15) is 13.0 Å². The summed E-state index contributed by atoms with van der Waals surface area (Å²) < 4.78 is 39.8. The fraction of sp³-hybridized carbons (Fsp3) is 0.793. The Hall–Kier alpha value is -1.42. The summed E-state index contributed by atoms with van der Waals surface area (Å²) in [5.74, 6) is 0. The second-order valence-corrected chi connectivity index (χ2v) is 11.3. The average Bonchev–Trinajstić information content (AvgIpc) is 3.50. The summed E-state index contributed by atoms with van der Waals surface area (Å²) in [7, 11) is 0.543. The van der Waals surface area contributed by atoms with Gasteiger partial charge in [-0.3, -0.25) is 4.18 Å². The van der Waals surface area contributed by atoms with Gasteiger partial charge in [0.15, 0.2) is 0 Å². The fourth-order valence-electron chi connectivity index (χ4n) is 4.12. The number of unbranched alkanes of at least 4 members (excludes halogenated alkanes) is 14. The van der Waals surface area contributed by atoms with E-state index in [2.05, 4.69) is 87.8 Å². The molecule has 2 heterocycles. The molecule has 0 radical (unpaired) electrons. The number of imidazole rings is 2. The van der Waals surface area contributed by atoms with Crippen molar-refractivity contribution in [3.63, 3.8) is 0 Å². The Morgan fingerprint density at radius 1 is 0.641 bits per heavy atom. The highest BCUT2D eigenvalue weighted by Gasteiger charge is 2.00. The van der Waals surface area contributed by atoms with E-state index in [0.717, 1.165) is 7.11 Å². The van der Waals surface area contributed by atoms with E-state index < -0.39 is 10.4 Å². The highest BCUT2D eigenvalue weighted by atomic mass is 35.5. The third kappa shape index (κ3) is 27.9. The molecule has 0 spiro atoms. The lowest BCUT2D eigenvalue weighted by molar-refractivity contribution is -0.671. The minimum atomic E-state index is -4.41. The Kier molecular flexibility index (Phi) is 27.3. The predicted molar refractivity (Wildman–Crippen MR) is 153 cm³/mol. The molecular formula is C29H57ClN4O4S. The number of hydrogen-bond acceptors (Lipinski definition) is 4. The zero-order valence-electron chi connectivity index (χ0n) is 25.4. The van der Waals surface area contributed by atoms with Crippen molar-refractivity contribution in [2.45, 2.75) is 130 Å². The molecule has 0 atom stereocenters. The van der Waals surface area contributed by atoms with Crippen LogP contribution in [-0.4, -0.2) is 29.2 Å². The van der Waals surface area contributed by atoms with E-state index in [1.165, 1.54) is 116 Å². The van der Waals surface area contributed by atoms with Crippen LogP contribution >= 0.6 is 0 Å². The van der Waals surface area contributed by atoms with Crippen molar-refractivity contribution < 1.29 is 38.7 Å². The molecule has 0 aliphatic heterocycles. The lowest BCUT2D eigenvalue weighted by Gasteiger charge is -2.00. The first-order chi connectivity index (χ1) is 18.2. The normalized spacial score (nSPS) is 10.7. The van der Waals surface area contributed by atoms with E-state index in [0.29, 0.717) is 0 Å². The van der Waals surface area contributed by atoms with Gasteiger partial charge in [-0.15, -0.1) is 0 Å². The Bertz CT molecular complexity index is 831. The maximum Gasteiger partial charge on any atom is 0.243 e. The highest BCUT2D eigenvalue weighted by Crippen LogP contribution is 2.09. The van der Waals surface area contributed by atoms with Crippen LogP contribution in [0.2, 0.25) is 0 Å². The molecule has 0 amide bonds. The number of aromatic nitrogens is 4. The molecule has 2 aromatic heterocycles. The number of halogens is 1. The maximum absolute atomic E-state index is 9.22. The summed E-state index contributed by atoms with van der Waals surface area (Å²) in [6.07, 6.45) is 35.2. The van der Waals surface area contributed by atoms with Gasteiger partial charge in [0.1, 0.15) is 24.8 Å². The molecule has 0 N–H and O–H groups in total. The van der Waals surface area contributed by atoms with Gasteiger partial charge >= 0.3 is 0 Å². The molecular weight excluding hydrogens is 536 g/mol. The number of rotatable bonds is 19. The third-order valence-corrected chi connectivity index (χ3v) is 6.80. The van der Waals surface area contributed by atoms with Crippen molar-refractivity contribution in [1.29, 1.82) is 0 Å². The van der Waals surface area contributed by atoms with Gasteiger partial charge in [-0.05, 0) is 25.7 Å². The quantitative estimate of drug-likeness (QED) is 0.109. The monoisotopic (exact) mass is 592 g/mol. The van der Waals surface area contributed by atoms with E-state index in [1.54, 1.807) is 0 Å². The first kappa shape index (κ1) is 39.7. The van der Waals surface area contributed by atoms with Gasteiger partial charge in [-0.25, -0.2) is 26.7 Å². The minimum absolute atomic E-state index is 0. The predicted octanol–water partition coefficient (Wildman–Crippen LogP) is 3.00. The summed E-state index contributed by atoms with van der Waals surface area (Å²) >= 11 is 0. The molecule has 2 rings (SSSR count). The number of nitrogens with zero attached hydrogens (tertiary/aromatic N) is 4. The van der Waals surface area contributed by atoms with Crippen LogP contribution in [0.15, 0.2) is 37.4 Å². The Morgan fingerprint density at radius 3 is 1.15 bits per heavy atom. The molecule has 0 aromatic carbocycles. The van der Waals surface area contributed by atoms with Gasteiger partial charge in [0.05, 0.1) is 34.3 Å². The minimum Gasteiger partial charge on any atom is -1.00 e. The van der Waals surface area contributed by atoms with E-state index in [4.69, 9.17) is 0 Å². The topological polar surface area (TPSA) is 84.0 Å². The molecule has 0 fully saturated rings. The van der Waals surface area contributed by atoms with E-state index in [1.807, 2.05) is 0 Å². The van der Waals surface area contributed by atoms with Gasteiger partial charge in [-0.1, -0.05) is 90.9 Å². The number of hydrogen-bond donors (Lipinski definition) is 0. The second kappa shape index (κ2) is 26.8. The van der Waals surface area contributed by atoms with Gasteiger partial charge in [0.25, 0.3) is 0 Å². The van der Waals surface area contributed by atoms with Gasteiger partial charge < -0.3 is 17.0 Å². The van der Waals surface area contributed by atoms with Crippen molar-refractivity contribution in [2.24, 2.45) is 14.1 Å². The summed E-state index contributed by atoms with van der Waals surface area (Å²) in [6, 6.07) is 0. The van der Waals surface area contributed by atoms with Crippen LogP contribution < -0.4 is 21.5 Å². The molecule has 230 valence electrons. The molecule has 0 aliphatic carbocycles. The van der Waals surface area contributed by atoms with Crippen LogP contribution in [0.25, 0.3) is 0 Å². The molecule has 8 nitrogen and oxygen atoms in total. The first-order valence-corrected chi connectivity index (χ1v) is 16.1. The summed E-state index contributed by atoms with van der Waals surface area (Å²) in [4.78, 5) is 0. The standard InChI is InChI=1S/2C14H27N2.CH4O4S.ClH/c2*1-3-4-5-6-7-8-9-10-11-16-13-12-15(2)14-16;1-5-6(2,3)4;/h2*12-14H,3-11H2,1-2H3;1H3,(H,2,3,4);1H/q2*+1;;/p-2. The lowest BCUT2D eigenvalue weighted by atomic mass is 10.1. The molecule has 0 aliphatic rings. The van der Waals surface area contributed by atoms with Crippen molar-refractivity contribution in [1.82, 2.24) is 9.13 Å². The van der Waals surface area contributed by atoms with Gasteiger partial charge in [-0.2, -0.15) is 0 Å². The lowest BCUT2D eigenvalue weighted by Crippen LogP contribution is -3.00. The zero-order chi connectivity index (χ0) is 28.5. The van der Waals surface area contributed by atoms with Gasteiger partial charge in [0, 0.05) is 0 Å². The van der Waals surface area contributed by atoms with Crippen LogP contribution in [0.5, 0.6) is 0 Å². The Labute approximate surface area is 246 Å². The summed E-state index contributed by atoms with van der Waals surface area (Å²) in [5.41, 5.74) is 0. The fourth-order valence-corrected chi connectivity index (χ4v) is 4.12. The van der Waals surface area contributed by atoms with Crippen molar-refractivity contribution >= 4 is 10.4 Å². The molecule has 0 saturated heterocycles. The van der Waals surface area contributed by atoms with Crippen LogP contribution in [0.4, 0.5) is 0 Å². The SMILES string of the molecule is CCCCCCCCCCn1cc[n+](C)c1.CCCCCCCCCCn1cc[n+](C)c1.COS(=O)(=O)[O-].[Cl-]. The third-order valence-electron chi connectivity index (χ3n) is 6.39. The molecule has 10 heteroatoms. The molecule has 39 heavy (non-hydrogen) atoms. The molecule has 0 bridgehead atoms. The Morgan fingerprint density at radius 2 is 0.923 bits per heavy atom. The zero-order valence-corrected chi connectivity index (χ0v) is 27.0. The molecule has 0 saturated carbocycles. The van der Waals surface area contributed by atoms with Crippen molar-refractivity contribution in [2.75, 3.05) is 7.11 Å². The second-order valence-electron chi connectivity index (χ2n) is 10.2. The van der Waals surface area contributed by atoms with Crippen LogP contribution in [0.3, 0.4) is 0 Å². The van der Waals surface area contributed by atoms with E-state index >= 15 is 0 Å². The molecule has 0 unspecified atom stereocenters.